The molecule has 136 valence electrons. The van der Waals surface area contributed by atoms with Gasteiger partial charge in [0.15, 0.2) is 0 Å². The Bertz CT molecular complexity index is 338. The van der Waals surface area contributed by atoms with Crippen molar-refractivity contribution in [3.8, 4) is 0 Å². The molecule has 0 aromatic heterocycles. The summed E-state index contributed by atoms with van der Waals surface area (Å²) < 4.78 is 18.9. The largest absolute Gasteiger partial charge is 0.409 e. The fourth-order valence-electron chi connectivity index (χ4n) is 2.41. The first-order valence-electron chi connectivity index (χ1n) is 9.17. The minimum atomic E-state index is -2.46. The van der Waals surface area contributed by atoms with Crippen LogP contribution in [0, 0.1) is 0 Å². The van der Waals surface area contributed by atoms with Crippen molar-refractivity contribution in [1.82, 2.24) is 0 Å². The summed E-state index contributed by atoms with van der Waals surface area (Å²) in [4.78, 5) is 0. The van der Waals surface area contributed by atoms with Gasteiger partial charge in [0.05, 0.1) is 0 Å². The molecule has 3 nitrogen and oxygen atoms in total. The van der Waals surface area contributed by atoms with Gasteiger partial charge in [-0.25, -0.2) is 0 Å². The molecule has 3 unspecified atom stereocenters. The summed E-state index contributed by atoms with van der Waals surface area (Å²) in [5.74, 6) is 0. The summed E-state index contributed by atoms with van der Waals surface area (Å²) in [5.41, 5.74) is 3.75. The highest BCUT2D eigenvalue weighted by molar-refractivity contribution is 6.84. The van der Waals surface area contributed by atoms with Crippen molar-refractivity contribution in [2.75, 3.05) is 6.61 Å². The Balaban J connectivity index is 4.87. The van der Waals surface area contributed by atoms with Gasteiger partial charge in [0, 0.05) is 12.7 Å². The second kappa shape index (κ2) is 12.2. The molecule has 0 radical (unpaired) electrons. The third kappa shape index (κ3) is 9.62. The standard InChI is InChI=1S/C18H38O3Si2/c1-8-13-16-18(15-10-3)20-23(7,12-5)21-22(6,11-4)19-17-14-9-2/h11-12,18H,4-5,8-10,13-17H2,1-3,6-7H3. The van der Waals surface area contributed by atoms with E-state index in [1.807, 2.05) is 11.4 Å². The lowest BCUT2D eigenvalue weighted by atomic mass is 10.1. The van der Waals surface area contributed by atoms with Gasteiger partial charge in [-0.1, -0.05) is 57.9 Å². The van der Waals surface area contributed by atoms with Crippen LogP contribution < -0.4 is 0 Å². The minimum absolute atomic E-state index is 0.258. The monoisotopic (exact) mass is 358 g/mol. The maximum atomic E-state index is 6.44. The van der Waals surface area contributed by atoms with E-state index in [-0.39, 0.29) is 6.10 Å². The fraction of sp³-hybridized carbons (Fsp3) is 0.778. The summed E-state index contributed by atoms with van der Waals surface area (Å²) in [6.45, 7) is 19.3. The smallest absolute Gasteiger partial charge is 0.352 e. The molecule has 0 fully saturated rings. The number of unbranched alkanes of at least 4 members (excludes halogenated alkanes) is 2. The third-order valence-corrected chi connectivity index (χ3v) is 10.2. The van der Waals surface area contributed by atoms with Crippen molar-refractivity contribution in [1.29, 1.82) is 0 Å². The predicted octanol–water partition coefficient (Wildman–Crippen LogP) is 5.79. The summed E-state index contributed by atoms with van der Waals surface area (Å²) in [5, 5.41) is 0. The topological polar surface area (TPSA) is 27.7 Å². The van der Waals surface area contributed by atoms with E-state index in [0.29, 0.717) is 0 Å². The number of rotatable bonds is 15. The van der Waals surface area contributed by atoms with Gasteiger partial charge in [-0.05, 0) is 32.4 Å². The molecule has 0 saturated carbocycles. The van der Waals surface area contributed by atoms with E-state index >= 15 is 0 Å². The SMILES string of the molecule is C=C[Si](C)(OCCCC)O[Si](C)(C=C)OC(CCC)CCCC. The van der Waals surface area contributed by atoms with Crippen LogP contribution in [0.5, 0.6) is 0 Å². The third-order valence-electron chi connectivity index (χ3n) is 3.92. The van der Waals surface area contributed by atoms with Gasteiger partial charge in [-0.3, -0.25) is 0 Å². The average molecular weight is 359 g/mol. The van der Waals surface area contributed by atoms with Crippen LogP contribution in [-0.4, -0.2) is 29.8 Å². The van der Waals surface area contributed by atoms with Crippen LogP contribution in [-0.2, 0) is 13.0 Å². The van der Waals surface area contributed by atoms with Crippen LogP contribution in [0.25, 0.3) is 0 Å². The van der Waals surface area contributed by atoms with Gasteiger partial charge in [-0.15, -0.1) is 13.2 Å². The normalized spacial score (nSPS) is 18.0. The second-order valence-corrected chi connectivity index (χ2v) is 12.6. The Hall–Kier alpha value is -0.206. The van der Waals surface area contributed by atoms with Crippen molar-refractivity contribution in [2.45, 2.75) is 84.9 Å². The summed E-state index contributed by atoms with van der Waals surface area (Å²) in [6.07, 6.45) is 8.08. The molecule has 0 spiro atoms. The van der Waals surface area contributed by atoms with Gasteiger partial charge in [-0.2, -0.15) is 0 Å². The van der Waals surface area contributed by atoms with Crippen molar-refractivity contribution < 1.29 is 13.0 Å². The highest BCUT2D eigenvalue weighted by atomic mass is 28.5. The van der Waals surface area contributed by atoms with Crippen LogP contribution in [0.15, 0.2) is 24.6 Å². The number of hydrogen-bond acceptors (Lipinski definition) is 3. The average Bonchev–Trinajstić information content (AvgIpc) is 2.53. The van der Waals surface area contributed by atoms with E-state index in [4.69, 9.17) is 13.0 Å². The molecule has 0 rings (SSSR count). The molecule has 23 heavy (non-hydrogen) atoms. The molecule has 0 bridgehead atoms. The predicted molar refractivity (Wildman–Crippen MR) is 105 cm³/mol. The summed E-state index contributed by atoms with van der Waals surface area (Å²) in [6, 6.07) is 0. The molecule has 0 saturated heterocycles. The molecule has 0 amide bonds. The van der Waals surface area contributed by atoms with Crippen LogP contribution in [0.2, 0.25) is 13.1 Å². The van der Waals surface area contributed by atoms with Crippen LogP contribution in [0.3, 0.4) is 0 Å². The number of hydrogen-bond donors (Lipinski definition) is 0. The highest BCUT2D eigenvalue weighted by Crippen LogP contribution is 2.24. The molecule has 0 heterocycles. The first kappa shape index (κ1) is 22.8. The molecular formula is C18H38O3Si2. The molecular weight excluding hydrogens is 320 g/mol. The van der Waals surface area contributed by atoms with Gasteiger partial charge >= 0.3 is 17.1 Å². The fourth-order valence-corrected chi connectivity index (χ4v) is 8.39. The van der Waals surface area contributed by atoms with Crippen molar-refractivity contribution >= 4 is 17.1 Å². The van der Waals surface area contributed by atoms with Gasteiger partial charge < -0.3 is 13.0 Å². The van der Waals surface area contributed by atoms with Crippen LogP contribution in [0.1, 0.15) is 65.7 Å². The van der Waals surface area contributed by atoms with Crippen molar-refractivity contribution in [3.05, 3.63) is 24.6 Å². The maximum Gasteiger partial charge on any atom is 0.352 e. The molecule has 5 heteroatoms. The highest BCUT2D eigenvalue weighted by Gasteiger charge is 2.41. The Labute approximate surface area is 146 Å². The van der Waals surface area contributed by atoms with E-state index in [2.05, 4.69) is 47.0 Å². The van der Waals surface area contributed by atoms with Gasteiger partial charge in [0.25, 0.3) is 0 Å². The maximum absolute atomic E-state index is 6.44. The van der Waals surface area contributed by atoms with E-state index < -0.39 is 17.1 Å². The van der Waals surface area contributed by atoms with E-state index in [0.717, 1.165) is 38.7 Å². The molecule has 0 aromatic rings. The first-order chi connectivity index (χ1) is 10.9. The molecule has 0 aliphatic rings. The van der Waals surface area contributed by atoms with E-state index in [1.54, 1.807) is 0 Å². The molecule has 3 atom stereocenters. The lowest BCUT2D eigenvalue weighted by Gasteiger charge is -2.36. The van der Waals surface area contributed by atoms with Crippen LogP contribution >= 0.6 is 0 Å². The van der Waals surface area contributed by atoms with Crippen molar-refractivity contribution in [2.24, 2.45) is 0 Å². The second-order valence-electron chi connectivity index (χ2n) is 6.42. The summed E-state index contributed by atoms with van der Waals surface area (Å²) >= 11 is 0. The molecule has 0 aromatic carbocycles. The zero-order valence-electron chi connectivity index (χ0n) is 16.0. The zero-order chi connectivity index (χ0) is 17.8. The lowest BCUT2D eigenvalue weighted by Crippen LogP contribution is -2.51. The Morgan fingerprint density at radius 1 is 0.870 bits per heavy atom. The molecule has 0 aliphatic carbocycles. The van der Waals surface area contributed by atoms with Gasteiger partial charge in [0.2, 0.25) is 0 Å². The first-order valence-corrected chi connectivity index (χ1v) is 14.0. The molecule has 0 aliphatic heterocycles. The lowest BCUT2D eigenvalue weighted by molar-refractivity contribution is 0.127. The van der Waals surface area contributed by atoms with E-state index in [1.165, 1.54) is 12.8 Å². The quantitative estimate of drug-likeness (QED) is 0.274. The Morgan fingerprint density at radius 3 is 1.96 bits per heavy atom. The van der Waals surface area contributed by atoms with Crippen LogP contribution in [0.4, 0.5) is 0 Å². The summed E-state index contributed by atoms with van der Waals surface area (Å²) in [7, 11) is -4.87. The Morgan fingerprint density at radius 2 is 1.48 bits per heavy atom. The zero-order valence-corrected chi connectivity index (χ0v) is 18.0. The Kier molecular flexibility index (Phi) is 12.1. The minimum Gasteiger partial charge on any atom is -0.409 e. The molecule has 0 N–H and O–H groups in total. The van der Waals surface area contributed by atoms with Gasteiger partial charge in [0.1, 0.15) is 0 Å². The van der Waals surface area contributed by atoms with E-state index in [9.17, 15) is 0 Å². The van der Waals surface area contributed by atoms with Crippen molar-refractivity contribution in [3.63, 3.8) is 0 Å².